The number of amides is 1. The predicted octanol–water partition coefficient (Wildman–Crippen LogP) is 2.77. The van der Waals surface area contributed by atoms with E-state index in [-0.39, 0.29) is 17.5 Å². The van der Waals surface area contributed by atoms with Crippen molar-refractivity contribution in [2.24, 2.45) is 0 Å². The number of hydrogen-bond acceptors (Lipinski definition) is 6. The Labute approximate surface area is 137 Å². The van der Waals surface area contributed by atoms with Gasteiger partial charge in [-0.25, -0.2) is 0 Å². The summed E-state index contributed by atoms with van der Waals surface area (Å²) < 4.78 is 0. The lowest BCUT2D eigenvalue weighted by atomic mass is 9.98. The molecule has 1 fully saturated rings. The predicted molar refractivity (Wildman–Crippen MR) is 85.6 cm³/mol. The number of carbonyl (C=O) groups excluding carboxylic acids is 1. The molecular formula is C15H16N4O3S. The maximum Gasteiger partial charge on any atom is 0.269 e. The van der Waals surface area contributed by atoms with Crippen LogP contribution in [0.3, 0.4) is 0 Å². The summed E-state index contributed by atoms with van der Waals surface area (Å²) in [6.07, 6.45) is 1.92. The zero-order valence-electron chi connectivity index (χ0n) is 12.6. The lowest BCUT2D eigenvalue weighted by Gasteiger charge is -2.31. The van der Waals surface area contributed by atoms with Crippen molar-refractivity contribution >= 4 is 22.9 Å². The van der Waals surface area contributed by atoms with Gasteiger partial charge in [0.2, 0.25) is 0 Å². The zero-order valence-corrected chi connectivity index (χ0v) is 13.5. The summed E-state index contributed by atoms with van der Waals surface area (Å²) in [4.78, 5) is 24.6. The van der Waals surface area contributed by atoms with Gasteiger partial charge in [-0.15, -0.1) is 21.5 Å². The molecule has 0 radical (unpaired) electrons. The number of nitrogens with zero attached hydrogens (tertiary/aromatic N) is 4. The van der Waals surface area contributed by atoms with Crippen LogP contribution in [0.25, 0.3) is 0 Å². The summed E-state index contributed by atoms with van der Waals surface area (Å²) in [6, 6.07) is 5.75. The lowest BCUT2D eigenvalue weighted by molar-refractivity contribution is -0.384. The molecule has 1 saturated heterocycles. The first-order chi connectivity index (χ1) is 11.0. The number of nitro benzene ring substituents is 1. The number of rotatable bonds is 3. The van der Waals surface area contributed by atoms with Crippen molar-refractivity contribution in [1.29, 1.82) is 0 Å². The monoisotopic (exact) mass is 332 g/mol. The minimum absolute atomic E-state index is 0.0117. The Morgan fingerprint density at radius 3 is 2.70 bits per heavy atom. The maximum absolute atomic E-state index is 12.6. The highest BCUT2D eigenvalue weighted by molar-refractivity contribution is 7.11. The number of hydrogen-bond donors (Lipinski definition) is 0. The molecular weight excluding hydrogens is 316 g/mol. The molecule has 1 unspecified atom stereocenters. The lowest BCUT2D eigenvalue weighted by Crippen LogP contribution is -2.39. The third-order valence-electron chi connectivity index (χ3n) is 3.92. The Morgan fingerprint density at radius 2 is 2.09 bits per heavy atom. The molecule has 8 heteroatoms. The van der Waals surface area contributed by atoms with Crippen LogP contribution >= 0.6 is 11.3 Å². The average molecular weight is 332 g/mol. The van der Waals surface area contributed by atoms with Gasteiger partial charge in [0.05, 0.1) is 4.92 Å². The van der Waals surface area contributed by atoms with Crippen LogP contribution in [0.4, 0.5) is 5.69 Å². The molecule has 1 amide bonds. The van der Waals surface area contributed by atoms with E-state index in [4.69, 9.17) is 0 Å². The number of non-ortho nitro benzene ring substituents is 1. The van der Waals surface area contributed by atoms with Crippen LogP contribution in [0.15, 0.2) is 24.3 Å². The molecule has 0 N–H and O–H groups in total. The fourth-order valence-electron chi connectivity index (χ4n) is 2.75. The molecule has 120 valence electrons. The fourth-order valence-corrected chi connectivity index (χ4v) is 3.57. The van der Waals surface area contributed by atoms with E-state index in [1.807, 2.05) is 6.92 Å². The summed E-state index contributed by atoms with van der Waals surface area (Å²) in [7, 11) is 0. The van der Waals surface area contributed by atoms with Gasteiger partial charge in [-0.1, -0.05) is 0 Å². The highest BCUT2D eigenvalue weighted by Gasteiger charge is 2.27. The topological polar surface area (TPSA) is 89.2 Å². The second kappa shape index (κ2) is 6.41. The van der Waals surface area contributed by atoms with Crippen LogP contribution in [-0.2, 0) is 0 Å². The summed E-state index contributed by atoms with van der Waals surface area (Å²) in [5.41, 5.74) is 0.465. The average Bonchev–Trinajstić information content (AvgIpc) is 3.01. The number of piperidine rings is 1. The number of aromatic nitrogens is 2. The van der Waals surface area contributed by atoms with Gasteiger partial charge >= 0.3 is 0 Å². The molecule has 0 saturated carbocycles. The van der Waals surface area contributed by atoms with Gasteiger partial charge in [0.1, 0.15) is 10.0 Å². The van der Waals surface area contributed by atoms with Crippen molar-refractivity contribution in [1.82, 2.24) is 15.1 Å². The van der Waals surface area contributed by atoms with Crippen molar-refractivity contribution < 1.29 is 9.72 Å². The van der Waals surface area contributed by atoms with E-state index in [2.05, 4.69) is 10.2 Å². The molecule has 3 rings (SSSR count). The van der Waals surface area contributed by atoms with E-state index < -0.39 is 4.92 Å². The summed E-state index contributed by atoms with van der Waals surface area (Å²) >= 11 is 1.57. The van der Waals surface area contributed by atoms with Gasteiger partial charge < -0.3 is 4.90 Å². The van der Waals surface area contributed by atoms with Crippen molar-refractivity contribution in [3.63, 3.8) is 0 Å². The smallest absolute Gasteiger partial charge is 0.269 e. The van der Waals surface area contributed by atoms with E-state index >= 15 is 0 Å². The molecule has 1 aliphatic heterocycles. The van der Waals surface area contributed by atoms with Crippen LogP contribution in [-0.4, -0.2) is 39.0 Å². The van der Waals surface area contributed by atoms with E-state index in [9.17, 15) is 14.9 Å². The number of carbonyl (C=O) groups is 1. The first kappa shape index (κ1) is 15.5. The fraction of sp³-hybridized carbons (Fsp3) is 0.400. The Hall–Kier alpha value is -2.35. The summed E-state index contributed by atoms with van der Waals surface area (Å²) in [5, 5.41) is 20.8. The molecule has 23 heavy (non-hydrogen) atoms. The SMILES string of the molecule is Cc1nnc(C2CCCN(C(=O)c3ccc([N+](=O)[O-])cc3)C2)s1. The number of likely N-dealkylation sites (tertiary alicyclic amines) is 1. The van der Waals surface area contributed by atoms with Gasteiger partial charge in [-0.3, -0.25) is 14.9 Å². The Morgan fingerprint density at radius 1 is 1.35 bits per heavy atom. The second-order valence-corrected chi connectivity index (χ2v) is 6.77. The molecule has 0 bridgehead atoms. The molecule has 1 aromatic heterocycles. The van der Waals surface area contributed by atoms with E-state index in [0.29, 0.717) is 18.7 Å². The molecule has 2 heterocycles. The van der Waals surface area contributed by atoms with Gasteiger partial charge in [0, 0.05) is 36.7 Å². The third-order valence-corrected chi connectivity index (χ3v) is 4.93. The van der Waals surface area contributed by atoms with Crippen LogP contribution in [0.5, 0.6) is 0 Å². The van der Waals surface area contributed by atoms with Crippen LogP contribution in [0.2, 0.25) is 0 Å². The number of nitro groups is 1. The molecule has 0 aliphatic carbocycles. The Bertz CT molecular complexity index is 729. The molecule has 1 aromatic carbocycles. The van der Waals surface area contributed by atoms with Gasteiger partial charge in [0.15, 0.2) is 0 Å². The van der Waals surface area contributed by atoms with Crippen LogP contribution < -0.4 is 0 Å². The van der Waals surface area contributed by atoms with Crippen molar-refractivity contribution in [3.05, 3.63) is 50.0 Å². The van der Waals surface area contributed by atoms with Gasteiger partial charge in [-0.2, -0.15) is 0 Å². The minimum atomic E-state index is -0.469. The zero-order chi connectivity index (χ0) is 16.4. The first-order valence-electron chi connectivity index (χ1n) is 7.38. The molecule has 1 atom stereocenters. The van der Waals surface area contributed by atoms with Gasteiger partial charge in [-0.05, 0) is 31.9 Å². The quantitative estimate of drug-likeness (QED) is 0.637. The van der Waals surface area contributed by atoms with E-state index in [0.717, 1.165) is 22.9 Å². The summed E-state index contributed by atoms with van der Waals surface area (Å²) in [6.45, 7) is 3.23. The second-order valence-electron chi connectivity index (χ2n) is 5.55. The molecule has 2 aromatic rings. The molecule has 0 spiro atoms. The third kappa shape index (κ3) is 3.37. The van der Waals surface area contributed by atoms with Crippen molar-refractivity contribution in [2.45, 2.75) is 25.7 Å². The number of benzene rings is 1. The molecule has 1 aliphatic rings. The highest BCUT2D eigenvalue weighted by Crippen LogP contribution is 2.29. The minimum Gasteiger partial charge on any atom is -0.338 e. The maximum atomic E-state index is 12.6. The Kier molecular flexibility index (Phi) is 4.33. The van der Waals surface area contributed by atoms with Crippen LogP contribution in [0.1, 0.15) is 39.1 Å². The molecule has 7 nitrogen and oxygen atoms in total. The van der Waals surface area contributed by atoms with Crippen molar-refractivity contribution in [3.8, 4) is 0 Å². The van der Waals surface area contributed by atoms with Crippen molar-refractivity contribution in [2.75, 3.05) is 13.1 Å². The highest BCUT2D eigenvalue weighted by atomic mass is 32.1. The summed E-state index contributed by atoms with van der Waals surface area (Å²) in [5.74, 6) is 0.128. The normalized spacial score (nSPS) is 18.0. The first-order valence-corrected chi connectivity index (χ1v) is 8.20. The Balaban J connectivity index is 1.72. The number of aryl methyl sites for hydroxylation is 1. The largest absolute Gasteiger partial charge is 0.338 e. The van der Waals surface area contributed by atoms with E-state index in [1.165, 1.54) is 24.3 Å². The standard InChI is InChI=1S/C15H16N4O3S/c1-10-16-17-14(23-10)12-3-2-8-18(9-12)15(20)11-4-6-13(7-5-11)19(21)22/h4-7,12H,2-3,8-9H2,1H3. The van der Waals surface area contributed by atoms with Gasteiger partial charge in [0.25, 0.3) is 11.6 Å². The van der Waals surface area contributed by atoms with Crippen LogP contribution in [0, 0.1) is 17.0 Å². The van der Waals surface area contributed by atoms with E-state index in [1.54, 1.807) is 16.2 Å².